The number of fused-ring (bicyclic) bond motifs is 3. The number of benzene rings is 2. The lowest BCUT2D eigenvalue weighted by atomic mass is 10.0. The van der Waals surface area contributed by atoms with Crippen molar-refractivity contribution in [2.75, 3.05) is 10.7 Å². The van der Waals surface area contributed by atoms with Crippen molar-refractivity contribution in [1.29, 1.82) is 0 Å². The van der Waals surface area contributed by atoms with Crippen molar-refractivity contribution in [2.45, 2.75) is 25.2 Å². The average Bonchev–Trinajstić information content (AvgIpc) is 2.72. The molecule has 0 bridgehead atoms. The number of rotatable bonds is 4. The van der Waals surface area contributed by atoms with Crippen LogP contribution in [0, 0.1) is 0 Å². The summed E-state index contributed by atoms with van der Waals surface area (Å²) in [6, 6.07) is 17.2. The normalized spacial score (nSPS) is 15.2. The molecule has 0 saturated carbocycles. The van der Waals surface area contributed by atoms with E-state index in [9.17, 15) is 9.90 Å². The molecule has 0 spiro atoms. The third kappa shape index (κ3) is 3.61. The Bertz CT molecular complexity index is 1090. The molecule has 2 aromatic carbocycles. The highest BCUT2D eigenvalue weighted by atomic mass is 32.2. The van der Waals surface area contributed by atoms with Crippen LogP contribution in [0.4, 0.5) is 5.69 Å². The number of carbonyl (C=O) groups excluding carboxylic acids is 1. The molecule has 0 aliphatic carbocycles. The van der Waals surface area contributed by atoms with Crippen LogP contribution in [-0.4, -0.2) is 21.7 Å². The molecule has 0 N–H and O–H groups in total. The summed E-state index contributed by atoms with van der Waals surface area (Å²) in [6.07, 6.45) is 3.26. The minimum atomic E-state index is -0.565. The number of aromatic nitrogens is 3. The van der Waals surface area contributed by atoms with Gasteiger partial charge in [0, 0.05) is 18.1 Å². The van der Waals surface area contributed by atoms with Gasteiger partial charge in [-0.15, -0.1) is 0 Å². The van der Waals surface area contributed by atoms with E-state index >= 15 is 0 Å². The number of hydrogen-bond acceptors (Lipinski definition) is 5. The molecular weight excluding hydrogens is 384 g/mol. The molecule has 0 fully saturated rings. The standard InChI is InChI=1S/C22H20N4O2S/c1-3-29-22-23-21(28)20-17-11-7-8-12-18(17)25(15(2)27)19(26(20)24-22)14-13-16-9-5-4-6-10-16/h4-14,19H,3H2,1-2H3/b14-13+. The molecule has 29 heavy (non-hydrogen) atoms. The third-order valence-electron chi connectivity index (χ3n) is 4.63. The maximum absolute atomic E-state index is 12.9. The Labute approximate surface area is 173 Å². The Morgan fingerprint density at radius 2 is 1.93 bits per heavy atom. The summed E-state index contributed by atoms with van der Waals surface area (Å²) in [5.74, 6) is 0.273. The highest BCUT2D eigenvalue weighted by Gasteiger charge is 2.41. The van der Waals surface area contributed by atoms with Crippen molar-refractivity contribution in [1.82, 2.24) is 10.1 Å². The molecule has 1 unspecified atom stereocenters. The fourth-order valence-electron chi connectivity index (χ4n) is 3.44. The minimum Gasteiger partial charge on any atom is -0.854 e. The van der Waals surface area contributed by atoms with Crippen molar-refractivity contribution < 1.29 is 14.6 Å². The van der Waals surface area contributed by atoms with Crippen molar-refractivity contribution in [3.8, 4) is 17.1 Å². The number of thioether (sulfide) groups is 1. The number of para-hydroxylation sites is 1. The molecular formula is C22H20N4O2S. The highest BCUT2D eigenvalue weighted by Crippen LogP contribution is 2.39. The van der Waals surface area contributed by atoms with Crippen molar-refractivity contribution in [3.05, 3.63) is 66.2 Å². The van der Waals surface area contributed by atoms with Crippen molar-refractivity contribution >= 4 is 29.4 Å². The van der Waals surface area contributed by atoms with E-state index in [0.29, 0.717) is 22.1 Å². The van der Waals surface area contributed by atoms with Crippen LogP contribution in [0.5, 0.6) is 5.88 Å². The molecule has 4 rings (SSSR count). The van der Waals surface area contributed by atoms with Crippen LogP contribution in [-0.2, 0) is 4.79 Å². The second-order valence-electron chi connectivity index (χ2n) is 6.52. The van der Waals surface area contributed by atoms with Crippen molar-refractivity contribution in [2.24, 2.45) is 0 Å². The highest BCUT2D eigenvalue weighted by molar-refractivity contribution is 7.99. The van der Waals surface area contributed by atoms with E-state index in [0.717, 1.165) is 11.3 Å². The number of nitrogens with zero attached hydrogens (tertiary/aromatic N) is 4. The molecule has 7 heteroatoms. The van der Waals surface area contributed by atoms with E-state index in [1.54, 1.807) is 9.58 Å². The van der Waals surface area contributed by atoms with Crippen LogP contribution in [0.15, 0.2) is 65.8 Å². The maximum atomic E-state index is 12.9. The van der Waals surface area contributed by atoms with E-state index < -0.39 is 6.17 Å². The molecule has 0 saturated heterocycles. The predicted octanol–water partition coefficient (Wildman–Crippen LogP) is 3.20. The van der Waals surface area contributed by atoms with Crippen molar-refractivity contribution in [3.63, 3.8) is 0 Å². The zero-order valence-corrected chi connectivity index (χ0v) is 17.0. The van der Waals surface area contributed by atoms with Gasteiger partial charge >= 0.3 is 0 Å². The SMILES string of the molecule is CCSc1nc([O-])c2[n+](n1)C(/C=C/c1ccccc1)N(C(C)=O)c1ccccc1-2. The van der Waals surface area contributed by atoms with Gasteiger partial charge in [-0.1, -0.05) is 71.9 Å². The van der Waals surface area contributed by atoms with Crippen LogP contribution in [0.3, 0.4) is 0 Å². The predicted molar refractivity (Wildman–Crippen MR) is 111 cm³/mol. The summed E-state index contributed by atoms with van der Waals surface area (Å²) < 4.78 is 1.62. The summed E-state index contributed by atoms with van der Waals surface area (Å²) in [5.41, 5.74) is 2.72. The fourth-order valence-corrected chi connectivity index (χ4v) is 3.99. The van der Waals surface area contributed by atoms with Gasteiger partial charge in [-0.25, -0.2) is 9.88 Å². The molecule has 1 amide bonds. The monoisotopic (exact) mass is 404 g/mol. The third-order valence-corrected chi connectivity index (χ3v) is 5.35. The lowest BCUT2D eigenvalue weighted by Gasteiger charge is -2.31. The summed E-state index contributed by atoms with van der Waals surface area (Å²) in [4.78, 5) is 18.4. The van der Waals surface area contributed by atoms with Crippen LogP contribution in [0.1, 0.15) is 25.6 Å². The second-order valence-corrected chi connectivity index (χ2v) is 7.75. The molecule has 1 aromatic heterocycles. The summed E-state index contributed by atoms with van der Waals surface area (Å²) >= 11 is 1.40. The first-order valence-electron chi connectivity index (χ1n) is 9.36. The van der Waals surface area contributed by atoms with Gasteiger partial charge in [0.15, 0.2) is 0 Å². The number of carbonyl (C=O) groups is 1. The van der Waals surface area contributed by atoms with Gasteiger partial charge < -0.3 is 5.11 Å². The number of hydrogen-bond donors (Lipinski definition) is 0. The largest absolute Gasteiger partial charge is 0.854 e. The Balaban J connectivity index is 1.93. The van der Waals surface area contributed by atoms with Gasteiger partial charge in [0.25, 0.3) is 17.0 Å². The Morgan fingerprint density at radius 1 is 1.21 bits per heavy atom. The van der Waals surface area contributed by atoms with Gasteiger partial charge in [-0.2, -0.15) is 0 Å². The Hall–Kier alpha value is -3.19. The van der Waals surface area contributed by atoms with Gasteiger partial charge in [0.2, 0.25) is 5.91 Å². The first kappa shape index (κ1) is 19.1. The van der Waals surface area contributed by atoms with Crippen LogP contribution in [0.25, 0.3) is 17.3 Å². The van der Waals surface area contributed by atoms with E-state index in [2.05, 4.69) is 10.1 Å². The van der Waals surface area contributed by atoms with Crippen LogP contribution in [0.2, 0.25) is 0 Å². The first-order valence-corrected chi connectivity index (χ1v) is 10.3. The number of amides is 1. The van der Waals surface area contributed by atoms with Crippen LogP contribution >= 0.6 is 11.8 Å². The molecule has 146 valence electrons. The van der Waals surface area contributed by atoms with Gasteiger partial charge in [-0.05, 0) is 23.4 Å². The molecule has 2 heterocycles. The van der Waals surface area contributed by atoms with Gasteiger partial charge in [0.1, 0.15) is 0 Å². The first-order chi connectivity index (χ1) is 14.1. The van der Waals surface area contributed by atoms with Gasteiger partial charge in [0.05, 0.1) is 17.1 Å². The van der Waals surface area contributed by atoms with E-state index in [1.165, 1.54) is 18.7 Å². The topological polar surface area (TPSA) is 73.0 Å². The quantitative estimate of drug-likeness (QED) is 0.493. The zero-order chi connectivity index (χ0) is 20.4. The minimum absolute atomic E-state index is 0.130. The molecule has 0 radical (unpaired) electrons. The van der Waals surface area contributed by atoms with Gasteiger partial charge in [-0.3, -0.25) is 4.79 Å². The van der Waals surface area contributed by atoms with E-state index in [4.69, 9.17) is 0 Å². The molecule has 1 atom stereocenters. The summed E-state index contributed by atoms with van der Waals surface area (Å²) in [5, 5.41) is 17.9. The fraction of sp³-hybridized carbons (Fsp3) is 0.182. The van der Waals surface area contributed by atoms with E-state index in [-0.39, 0.29) is 11.8 Å². The molecule has 1 aliphatic heterocycles. The lowest BCUT2D eigenvalue weighted by molar-refractivity contribution is -0.762. The smallest absolute Gasteiger partial charge is 0.286 e. The molecule has 1 aliphatic rings. The molecule has 6 nitrogen and oxygen atoms in total. The average molecular weight is 404 g/mol. The zero-order valence-electron chi connectivity index (χ0n) is 16.1. The Kier molecular flexibility index (Phi) is 5.31. The number of anilines is 1. The molecule has 3 aromatic rings. The van der Waals surface area contributed by atoms with E-state index in [1.807, 2.05) is 73.7 Å². The summed E-state index contributed by atoms with van der Waals surface area (Å²) in [7, 11) is 0. The summed E-state index contributed by atoms with van der Waals surface area (Å²) in [6.45, 7) is 3.50. The lowest BCUT2D eigenvalue weighted by Crippen LogP contribution is -2.57. The van der Waals surface area contributed by atoms with Crippen LogP contribution < -0.4 is 14.7 Å². The Morgan fingerprint density at radius 3 is 2.66 bits per heavy atom. The second kappa shape index (κ2) is 8.05. The maximum Gasteiger partial charge on any atom is 0.286 e.